The molecule has 5 rings (SSSR count). The van der Waals surface area contributed by atoms with Crippen LogP contribution in [-0.2, 0) is 0 Å². The molecule has 0 amide bonds. The van der Waals surface area contributed by atoms with Crippen LogP contribution in [0.3, 0.4) is 0 Å². The van der Waals surface area contributed by atoms with Crippen LogP contribution in [0.15, 0.2) is 28.7 Å². The molecule has 6 heteroatoms. The number of hydrazine groups is 1. The van der Waals surface area contributed by atoms with Gasteiger partial charge in [0.1, 0.15) is 17.2 Å². The average Bonchev–Trinajstić information content (AvgIpc) is 2.92. The maximum absolute atomic E-state index is 13.3. The molecule has 3 fully saturated rings. The lowest BCUT2D eigenvalue weighted by Crippen LogP contribution is -2.64. The first-order valence-corrected chi connectivity index (χ1v) is 7.36. The molecule has 1 aromatic carbocycles. The average molecular weight is 290 g/mol. The number of nitrogens with zero attached hydrogens (tertiary/aromatic N) is 2. The van der Waals surface area contributed by atoms with Crippen molar-refractivity contribution in [3.8, 4) is 0 Å². The smallest absolute Gasteiger partial charge is 0.134 e. The largest absolute Gasteiger partial charge is 0.459 e. The minimum Gasteiger partial charge on any atom is -0.459 e. The van der Waals surface area contributed by atoms with Crippen LogP contribution in [0.1, 0.15) is 11.8 Å². The molecular weight excluding hydrogens is 271 g/mol. The fourth-order valence-corrected chi connectivity index (χ4v) is 3.54. The number of nitrogens with two attached hydrogens (primary N) is 1. The van der Waals surface area contributed by atoms with Crippen molar-refractivity contribution >= 4 is 11.0 Å². The standard InChI is InChI=1S/C15H19FN4O/c16-11-1-2-13-10(7-11)8-14(21-13)15(18-17)12-9-19-3-5-20(12)6-4-19/h1-2,7-8,12,15,18H,3-6,9,17H2. The second-order valence-corrected chi connectivity index (χ2v) is 5.88. The molecule has 2 aromatic rings. The van der Waals surface area contributed by atoms with Gasteiger partial charge in [-0.2, -0.15) is 0 Å². The molecule has 3 aliphatic heterocycles. The summed E-state index contributed by atoms with van der Waals surface area (Å²) in [7, 11) is 0. The molecule has 0 radical (unpaired) electrons. The number of piperazine rings is 3. The molecule has 4 heterocycles. The summed E-state index contributed by atoms with van der Waals surface area (Å²) in [6.07, 6.45) is 0. The Morgan fingerprint density at radius 1 is 1.24 bits per heavy atom. The lowest BCUT2D eigenvalue weighted by Gasteiger charge is -2.49. The first kappa shape index (κ1) is 13.2. The molecule has 3 N–H and O–H groups in total. The highest BCUT2D eigenvalue weighted by Crippen LogP contribution is 2.30. The van der Waals surface area contributed by atoms with E-state index in [0.717, 1.165) is 43.9 Å². The molecule has 3 saturated heterocycles. The van der Waals surface area contributed by atoms with E-state index in [1.165, 1.54) is 12.1 Å². The van der Waals surface area contributed by atoms with Crippen molar-refractivity contribution in [2.45, 2.75) is 12.1 Å². The van der Waals surface area contributed by atoms with Crippen LogP contribution >= 0.6 is 0 Å². The first-order valence-electron chi connectivity index (χ1n) is 7.36. The van der Waals surface area contributed by atoms with Crippen molar-refractivity contribution in [1.29, 1.82) is 0 Å². The van der Waals surface area contributed by atoms with Gasteiger partial charge in [-0.25, -0.2) is 9.82 Å². The lowest BCUT2D eigenvalue weighted by molar-refractivity contribution is -0.00667. The summed E-state index contributed by atoms with van der Waals surface area (Å²) < 4.78 is 19.2. The summed E-state index contributed by atoms with van der Waals surface area (Å²) in [4.78, 5) is 4.91. The monoisotopic (exact) mass is 290 g/mol. The quantitative estimate of drug-likeness (QED) is 0.654. The van der Waals surface area contributed by atoms with Gasteiger partial charge in [-0.15, -0.1) is 0 Å². The van der Waals surface area contributed by atoms with Crippen LogP contribution in [0.5, 0.6) is 0 Å². The Hall–Kier alpha value is -1.47. The molecular formula is C15H19FN4O. The molecule has 2 unspecified atom stereocenters. The number of halogens is 1. The third-order valence-electron chi connectivity index (χ3n) is 4.69. The third-order valence-corrected chi connectivity index (χ3v) is 4.69. The second-order valence-electron chi connectivity index (χ2n) is 5.88. The van der Waals surface area contributed by atoms with Gasteiger partial charge in [-0.1, -0.05) is 0 Å². The van der Waals surface area contributed by atoms with Crippen LogP contribution < -0.4 is 11.3 Å². The Labute approximate surface area is 122 Å². The summed E-state index contributed by atoms with van der Waals surface area (Å²) >= 11 is 0. The molecule has 2 atom stereocenters. The first-order chi connectivity index (χ1) is 10.2. The molecule has 2 bridgehead atoms. The molecule has 0 spiro atoms. The van der Waals surface area contributed by atoms with Gasteiger partial charge in [0.15, 0.2) is 0 Å². The number of furan rings is 1. The van der Waals surface area contributed by atoms with E-state index >= 15 is 0 Å². The number of hydrogen-bond donors (Lipinski definition) is 2. The van der Waals surface area contributed by atoms with Gasteiger partial charge in [0.05, 0.1) is 6.04 Å². The third kappa shape index (κ3) is 2.24. The number of rotatable bonds is 3. The number of hydrogen-bond acceptors (Lipinski definition) is 5. The van der Waals surface area contributed by atoms with Crippen LogP contribution in [-0.4, -0.2) is 48.6 Å². The topological polar surface area (TPSA) is 57.7 Å². The van der Waals surface area contributed by atoms with Gasteiger partial charge in [-0.3, -0.25) is 15.6 Å². The highest BCUT2D eigenvalue weighted by atomic mass is 19.1. The Morgan fingerprint density at radius 3 is 2.71 bits per heavy atom. The van der Waals surface area contributed by atoms with Crippen molar-refractivity contribution in [3.63, 3.8) is 0 Å². The predicted octanol–water partition coefficient (Wildman–Crippen LogP) is 1.08. The predicted molar refractivity (Wildman–Crippen MR) is 78.0 cm³/mol. The van der Waals surface area contributed by atoms with Crippen LogP contribution in [0.2, 0.25) is 0 Å². The zero-order valence-corrected chi connectivity index (χ0v) is 11.8. The van der Waals surface area contributed by atoms with Crippen LogP contribution in [0, 0.1) is 5.82 Å². The van der Waals surface area contributed by atoms with E-state index in [1.807, 2.05) is 6.07 Å². The SMILES string of the molecule is NNC(c1cc2cc(F)ccc2o1)C1CN2CCN1CC2. The Kier molecular flexibility index (Phi) is 3.19. The van der Waals surface area contributed by atoms with E-state index in [4.69, 9.17) is 10.3 Å². The normalized spacial score (nSPS) is 29.9. The molecule has 0 saturated carbocycles. The molecule has 0 aliphatic carbocycles. The Balaban J connectivity index is 1.67. The summed E-state index contributed by atoms with van der Waals surface area (Å²) in [6, 6.07) is 6.68. The van der Waals surface area contributed by atoms with E-state index in [9.17, 15) is 4.39 Å². The van der Waals surface area contributed by atoms with Crippen molar-refractivity contribution < 1.29 is 8.81 Å². The molecule has 112 valence electrons. The molecule has 3 aliphatic rings. The van der Waals surface area contributed by atoms with Crippen LogP contribution in [0.25, 0.3) is 11.0 Å². The number of benzene rings is 1. The highest BCUT2D eigenvalue weighted by Gasteiger charge is 2.38. The van der Waals surface area contributed by atoms with E-state index in [0.29, 0.717) is 11.6 Å². The van der Waals surface area contributed by atoms with E-state index in [2.05, 4.69) is 15.2 Å². The van der Waals surface area contributed by atoms with Crippen LogP contribution in [0.4, 0.5) is 4.39 Å². The highest BCUT2D eigenvalue weighted by molar-refractivity contribution is 5.78. The maximum Gasteiger partial charge on any atom is 0.134 e. The van der Waals surface area contributed by atoms with Crippen molar-refractivity contribution in [2.24, 2.45) is 5.84 Å². The van der Waals surface area contributed by atoms with Gasteiger partial charge in [0.2, 0.25) is 0 Å². The Bertz CT molecular complexity index is 650. The molecule has 21 heavy (non-hydrogen) atoms. The zero-order valence-electron chi connectivity index (χ0n) is 11.8. The van der Waals surface area contributed by atoms with E-state index < -0.39 is 0 Å². The maximum atomic E-state index is 13.3. The number of nitrogens with one attached hydrogen (secondary N) is 1. The van der Waals surface area contributed by atoms with Crippen molar-refractivity contribution in [3.05, 3.63) is 35.8 Å². The van der Waals surface area contributed by atoms with Crippen molar-refractivity contribution in [1.82, 2.24) is 15.2 Å². The fraction of sp³-hybridized carbons (Fsp3) is 0.467. The summed E-state index contributed by atoms with van der Waals surface area (Å²) in [5.41, 5.74) is 3.59. The zero-order chi connectivity index (χ0) is 14.4. The van der Waals surface area contributed by atoms with E-state index in [-0.39, 0.29) is 11.9 Å². The van der Waals surface area contributed by atoms with Crippen molar-refractivity contribution in [2.75, 3.05) is 32.7 Å². The van der Waals surface area contributed by atoms with Gasteiger partial charge >= 0.3 is 0 Å². The molecule has 5 nitrogen and oxygen atoms in total. The fourth-order valence-electron chi connectivity index (χ4n) is 3.54. The summed E-state index contributed by atoms with van der Waals surface area (Å²) in [5.74, 6) is 6.31. The van der Waals surface area contributed by atoms with E-state index in [1.54, 1.807) is 6.07 Å². The van der Waals surface area contributed by atoms with Gasteiger partial charge in [0.25, 0.3) is 0 Å². The summed E-state index contributed by atoms with van der Waals surface area (Å²) in [5, 5.41) is 0.779. The number of fused-ring (bicyclic) bond motifs is 4. The minimum absolute atomic E-state index is 0.0800. The Morgan fingerprint density at radius 2 is 2.05 bits per heavy atom. The van der Waals surface area contributed by atoms with Gasteiger partial charge < -0.3 is 4.42 Å². The minimum atomic E-state index is -0.251. The second kappa shape index (κ2) is 5.06. The van der Waals surface area contributed by atoms with Gasteiger partial charge in [-0.05, 0) is 24.3 Å². The molecule has 1 aromatic heterocycles. The van der Waals surface area contributed by atoms with Gasteiger partial charge in [0, 0.05) is 44.2 Å². The summed E-state index contributed by atoms with van der Waals surface area (Å²) in [6.45, 7) is 5.37. The lowest BCUT2D eigenvalue weighted by atomic mass is 9.98.